The average Bonchev–Trinajstić information content (AvgIpc) is 1.53. The third-order valence-corrected chi connectivity index (χ3v) is 15.2. The molecule has 2 unspecified atom stereocenters. The molecule has 2 aliphatic rings. The van der Waals surface area contributed by atoms with Crippen LogP contribution in [0, 0.1) is 17.5 Å². The molecule has 0 fully saturated rings. The zero-order valence-electron chi connectivity index (χ0n) is 52.4. The van der Waals surface area contributed by atoms with E-state index in [4.69, 9.17) is 159 Å². The molecule has 2 atom stereocenters. The van der Waals surface area contributed by atoms with Crippen molar-refractivity contribution < 1.29 is 96.0 Å². The molecule has 15 nitrogen and oxygen atoms in total. The fourth-order valence-electron chi connectivity index (χ4n) is 8.25. The third kappa shape index (κ3) is 32.6. The summed E-state index contributed by atoms with van der Waals surface area (Å²) in [7, 11) is 0. The van der Waals surface area contributed by atoms with Crippen molar-refractivity contribution in [1.29, 1.82) is 0 Å². The highest BCUT2D eigenvalue weighted by molar-refractivity contribution is 6.56. The summed E-state index contributed by atoms with van der Waals surface area (Å²) in [6.45, 7) is 4.37. The zero-order chi connectivity index (χ0) is 75.2. The molecular formula is C67H64Cl10F12N6O9. The van der Waals surface area contributed by atoms with E-state index in [0.29, 0.717) is 105 Å². The molecule has 2 aliphatic heterocycles. The summed E-state index contributed by atoms with van der Waals surface area (Å²) in [5.41, 5.74) is 0.117. The quantitative estimate of drug-likeness (QED) is 0.0118. The topological polar surface area (TPSA) is 170 Å². The number of oxime groups is 3. The summed E-state index contributed by atoms with van der Waals surface area (Å²) < 4.78 is 186. The van der Waals surface area contributed by atoms with Crippen LogP contribution in [-0.2, 0) is 28.2 Å². The van der Waals surface area contributed by atoms with Crippen LogP contribution in [0.2, 0.25) is 20.1 Å². The first kappa shape index (κ1) is 91.5. The SMILES string of the molecule is C.C.C=CCCCOc1ncc(C(F)(F)F)cc1Cl.Fc1cc(Cl)c(C2=NOC(CCCCOc3ncc(C(F)(F)F)cc3Cl)C2)cc1OCC=C(Cl)Cl.Fc1ccc(C2=NOC(CCCCOc3ncc(C(F)(F)F)cc3Cl)C2)cc1OCC=C(Cl)Cl.ON=Cc1ccc(F)c(OCC=C(Cl)Cl)c1. The standard InChI is InChI=1S/C22H18Cl4F4N2O3.C22H19Cl3F4N2O3.C11H11ClF3NO.C10H8Cl2FNO2.2CH4/c23-15-10-17(27)19(33-6-4-20(25)26)9-14(15)18-8-13(35-32-18)3-1-2-5-34-21-16(24)7-12(11-31-21)22(28,29)30;23-16-10-14(22(27,28)29)12-30-21(16)33-7-2-1-3-15-11-18(31-34-15)13-4-5-17(26)19(9-13)32-8-6-20(24)25;1-2-3-4-5-17-10-9(12)6-8(7-16-10)11(13,14)15;11-10(12)3-4-16-9-5-7(6-14-15)1-2-8(9)13;;/h4,7,9-11,13H,1-3,5-6,8H2;4-6,9-10,12,15H,1-3,7-8,11H2;2,6-7H,1,3-5H2;1-3,5-6,15H,4H2;2*1H4. The van der Waals surface area contributed by atoms with Gasteiger partial charge in [0.25, 0.3) is 0 Å². The van der Waals surface area contributed by atoms with Crippen LogP contribution in [0.15, 0.2) is 145 Å². The molecule has 0 aliphatic carbocycles. The normalized spacial score (nSPS) is 13.7. The minimum absolute atomic E-state index is 0. The molecule has 0 spiro atoms. The molecule has 6 aromatic rings. The van der Waals surface area contributed by atoms with Crippen LogP contribution in [-0.4, -0.2) is 89.6 Å². The van der Waals surface area contributed by atoms with Gasteiger partial charge in [-0.25, -0.2) is 28.1 Å². The summed E-state index contributed by atoms with van der Waals surface area (Å²) in [6.07, 6.45) is 1.59. The van der Waals surface area contributed by atoms with E-state index in [1.165, 1.54) is 54.6 Å². The number of halogens is 22. The van der Waals surface area contributed by atoms with Gasteiger partial charge in [0.05, 0.1) is 59.2 Å². The van der Waals surface area contributed by atoms with Gasteiger partial charge in [-0.1, -0.05) is 158 Å². The van der Waals surface area contributed by atoms with Crippen LogP contribution in [0.1, 0.15) is 112 Å². The lowest BCUT2D eigenvalue weighted by atomic mass is 10.0. The number of rotatable bonds is 29. The molecule has 37 heteroatoms. The van der Waals surface area contributed by atoms with E-state index in [1.807, 2.05) is 0 Å². The molecule has 0 saturated heterocycles. The number of nitrogens with zero attached hydrogens (tertiary/aromatic N) is 6. The first-order chi connectivity index (χ1) is 48.2. The van der Waals surface area contributed by atoms with Crippen LogP contribution in [0.5, 0.6) is 34.9 Å². The van der Waals surface area contributed by atoms with Crippen molar-refractivity contribution in [3.05, 3.63) is 201 Å². The Labute approximate surface area is 640 Å². The summed E-state index contributed by atoms with van der Waals surface area (Å²) in [5, 5.41) is 18.9. The monoisotopic (exact) mass is 1670 g/mol. The summed E-state index contributed by atoms with van der Waals surface area (Å²) >= 11 is 56.3. The summed E-state index contributed by atoms with van der Waals surface area (Å²) in [4.78, 5) is 21.7. The molecule has 8 rings (SSSR count). The molecule has 104 heavy (non-hydrogen) atoms. The van der Waals surface area contributed by atoms with Crippen LogP contribution < -0.4 is 28.4 Å². The minimum atomic E-state index is -4.53. The number of aromatic nitrogens is 3. The Morgan fingerprint density at radius 2 is 0.894 bits per heavy atom. The van der Waals surface area contributed by atoms with Gasteiger partial charge >= 0.3 is 18.5 Å². The molecule has 0 bridgehead atoms. The van der Waals surface area contributed by atoms with E-state index >= 15 is 0 Å². The highest BCUT2D eigenvalue weighted by atomic mass is 35.5. The lowest BCUT2D eigenvalue weighted by Gasteiger charge is -2.11. The molecule has 0 saturated carbocycles. The number of allylic oxidation sites excluding steroid dienone is 1. The van der Waals surface area contributed by atoms with Crippen molar-refractivity contribution in [3.63, 3.8) is 0 Å². The number of pyridine rings is 3. The molecule has 1 N–H and O–H groups in total. The number of hydrogen-bond acceptors (Lipinski definition) is 15. The average molecular weight is 1680 g/mol. The Kier molecular flexibility index (Phi) is 40.3. The second kappa shape index (κ2) is 45.8. The second-order valence-electron chi connectivity index (χ2n) is 20.7. The van der Waals surface area contributed by atoms with Gasteiger partial charge < -0.3 is 43.3 Å². The number of ether oxygens (including phenoxy) is 6. The van der Waals surface area contributed by atoms with Gasteiger partial charge in [0, 0.05) is 42.6 Å². The molecular weight excluding hydrogens is 1620 g/mol. The molecule has 570 valence electrons. The van der Waals surface area contributed by atoms with E-state index < -0.39 is 52.7 Å². The van der Waals surface area contributed by atoms with Crippen molar-refractivity contribution in [2.45, 2.75) is 110 Å². The van der Waals surface area contributed by atoms with Gasteiger partial charge in [-0.15, -0.1) is 6.58 Å². The van der Waals surface area contributed by atoms with E-state index in [0.717, 1.165) is 43.3 Å². The lowest BCUT2D eigenvalue weighted by Crippen LogP contribution is -2.10. The maximum atomic E-state index is 14.1. The minimum Gasteiger partial charge on any atom is -0.486 e. The van der Waals surface area contributed by atoms with Crippen molar-refractivity contribution in [3.8, 4) is 34.9 Å². The van der Waals surface area contributed by atoms with Crippen molar-refractivity contribution in [2.24, 2.45) is 15.5 Å². The molecule has 5 heterocycles. The largest absolute Gasteiger partial charge is 0.486 e. The molecule has 0 radical (unpaired) electrons. The second-order valence-corrected chi connectivity index (χ2v) is 25.3. The van der Waals surface area contributed by atoms with Gasteiger partial charge in [0.2, 0.25) is 17.6 Å². The highest BCUT2D eigenvalue weighted by Crippen LogP contribution is 2.37. The molecule has 3 aromatic heterocycles. The lowest BCUT2D eigenvalue weighted by molar-refractivity contribution is -0.138. The Morgan fingerprint density at radius 3 is 1.30 bits per heavy atom. The van der Waals surface area contributed by atoms with E-state index in [-0.39, 0.29) is 129 Å². The number of benzene rings is 3. The van der Waals surface area contributed by atoms with E-state index in [9.17, 15) is 52.7 Å². The van der Waals surface area contributed by atoms with Crippen LogP contribution >= 0.6 is 116 Å². The Balaban J connectivity index is 0.000000378. The van der Waals surface area contributed by atoms with Gasteiger partial charge in [-0.3, -0.25) is 0 Å². The van der Waals surface area contributed by atoms with Crippen LogP contribution in [0.3, 0.4) is 0 Å². The van der Waals surface area contributed by atoms with Crippen molar-refractivity contribution in [1.82, 2.24) is 15.0 Å². The molecule has 3 aromatic carbocycles. The maximum Gasteiger partial charge on any atom is 0.417 e. The number of hydrogen-bond donors (Lipinski definition) is 1. The Hall–Kier alpha value is -6.66. The van der Waals surface area contributed by atoms with Gasteiger partial charge in [-0.05, 0) is 136 Å². The van der Waals surface area contributed by atoms with Crippen molar-refractivity contribution >= 4 is 134 Å². The van der Waals surface area contributed by atoms with E-state index in [1.54, 1.807) is 12.1 Å². The van der Waals surface area contributed by atoms with Gasteiger partial charge in [0.1, 0.15) is 60.6 Å². The predicted molar refractivity (Wildman–Crippen MR) is 381 cm³/mol. The zero-order valence-corrected chi connectivity index (χ0v) is 59.9. The van der Waals surface area contributed by atoms with Crippen LogP contribution in [0.25, 0.3) is 0 Å². The number of alkyl halides is 9. The smallest absolute Gasteiger partial charge is 0.417 e. The maximum absolute atomic E-state index is 14.1. The predicted octanol–water partition coefficient (Wildman–Crippen LogP) is 24.0. The van der Waals surface area contributed by atoms with Gasteiger partial charge in [-0.2, -0.15) is 39.5 Å². The van der Waals surface area contributed by atoms with Crippen LogP contribution in [0.4, 0.5) is 52.7 Å². The summed E-state index contributed by atoms with van der Waals surface area (Å²) in [6, 6.07) is 13.4. The first-order valence-corrected chi connectivity index (χ1v) is 33.3. The molecule has 0 amide bonds. The highest BCUT2D eigenvalue weighted by Gasteiger charge is 2.34. The fourth-order valence-corrected chi connectivity index (χ4v) is 9.55. The third-order valence-electron chi connectivity index (χ3n) is 13.2. The Morgan fingerprint density at radius 1 is 0.500 bits per heavy atom. The number of unbranched alkanes of at least 4 members (excludes halogenated alkanes) is 3. The summed E-state index contributed by atoms with van der Waals surface area (Å²) in [5.74, 6) is -1.73. The van der Waals surface area contributed by atoms with Gasteiger partial charge in [0.15, 0.2) is 34.7 Å². The van der Waals surface area contributed by atoms with E-state index in [2.05, 4.69) is 37.0 Å². The Bertz CT molecular complexity index is 3920. The fraction of sp³-hybridized carbons (Fsp3) is 0.343. The first-order valence-electron chi connectivity index (χ1n) is 29.6. The van der Waals surface area contributed by atoms with Crippen molar-refractivity contribution in [2.75, 3.05) is 39.6 Å².